The summed E-state index contributed by atoms with van der Waals surface area (Å²) in [4.78, 5) is 0.778. The summed E-state index contributed by atoms with van der Waals surface area (Å²) in [5.41, 5.74) is 3.20. The fourth-order valence-corrected chi connectivity index (χ4v) is 2.68. The minimum absolute atomic E-state index is 0.778. The van der Waals surface area contributed by atoms with Crippen molar-refractivity contribution in [3.05, 3.63) is 76.7 Å². The van der Waals surface area contributed by atoms with Crippen LogP contribution in [0.5, 0.6) is 0 Å². The average Bonchev–Trinajstić information content (AvgIpc) is 2.49. The van der Waals surface area contributed by atoms with Crippen molar-refractivity contribution < 1.29 is 0 Å². The summed E-state index contributed by atoms with van der Waals surface area (Å²) >= 11 is 1.59. The Bertz CT molecular complexity index is 553. The minimum atomic E-state index is 0.778. The largest absolute Gasteiger partial charge is 0.192 e. The van der Waals surface area contributed by atoms with Crippen molar-refractivity contribution in [1.29, 1.82) is 5.26 Å². The van der Waals surface area contributed by atoms with Crippen LogP contribution >= 0.6 is 11.8 Å². The second-order valence-electron chi connectivity index (χ2n) is 3.98. The smallest absolute Gasteiger partial charge is 0.107 e. The van der Waals surface area contributed by atoms with Crippen LogP contribution in [-0.4, -0.2) is 5.75 Å². The molecule has 0 radical (unpaired) electrons. The number of nitrogens with zero attached hydrogens (tertiary/aromatic N) is 1. The standard InChI is InChI=1S/C17H15NS/c1-2-19-16(13-18)17(14-9-5-3-6-10-14)15-11-7-4-8-12-15/h3-12H,2H2,1H3. The van der Waals surface area contributed by atoms with E-state index in [2.05, 4.69) is 37.3 Å². The molecule has 0 heterocycles. The van der Waals surface area contributed by atoms with Gasteiger partial charge >= 0.3 is 0 Å². The van der Waals surface area contributed by atoms with Gasteiger partial charge in [0.05, 0.1) is 4.91 Å². The maximum Gasteiger partial charge on any atom is 0.107 e. The third-order valence-corrected chi connectivity index (χ3v) is 3.61. The number of benzene rings is 2. The molecule has 0 aliphatic carbocycles. The zero-order valence-electron chi connectivity index (χ0n) is 10.8. The van der Waals surface area contributed by atoms with E-state index >= 15 is 0 Å². The molecule has 0 fully saturated rings. The van der Waals surface area contributed by atoms with Gasteiger partial charge in [0.1, 0.15) is 6.07 Å². The Morgan fingerprint density at radius 2 is 1.42 bits per heavy atom. The predicted octanol–water partition coefficient (Wildman–Crippen LogP) is 4.72. The Balaban J connectivity index is 2.61. The van der Waals surface area contributed by atoms with Crippen LogP contribution in [0.15, 0.2) is 65.6 Å². The van der Waals surface area contributed by atoms with Gasteiger partial charge < -0.3 is 0 Å². The highest BCUT2D eigenvalue weighted by atomic mass is 32.2. The Kier molecular flexibility index (Phi) is 4.83. The molecule has 1 nitrogen and oxygen atoms in total. The van der Waals surface area contributed by atoms with Crippen molar-refractivity contribution in [2.45, 2.75) is 6.92 Å². The van der Waals surface area contributed by atoms with Crippen LogP contribution in [-0.2, 0) is 0 Å². The molecule has 94 valence electrons. The molecule has 2 aromatic rings. The number of thioether (sulfide) groups is 1. The highest BCUT2D eigenvalue weighted by Gasteiger charge is 2.11. The Morgan fingerprint density at radius 3 is 1.79 bits per heavy atom. The second-order valence-corrected chi connectivity index (χ2v) is 5.26. The first-order chi connectivity index (χ1) is 9.36. The molecule has 0 aromatic heterocycles. The summed E-state index contributed by atoms with van der Waals surface area (Å²) < 4.78 is 0. The SMILES string of the molecule is CCSC(C#N)=C(c1ccccc1)c1ccccc1. The summed E-state index contributed by atoms with van der Waals surface area (Å²) in [7, 11) is 0. The first-order valence-electron chi connectivity index (χ1n) is 6.24. The fraction of sp³-hybridized carbons (Fsp3) is 0.118. The first-order valence-corrected chi connectivity index (χ1v) is 7.23. The maximum absolute atomic E-state index is 9.42. The van der Waals surface area contributed by atoms with Crippen molar-refractivity contribution in [2.24, 2.45) is 0 Å². The molecule has 2 rings (SSSR count). The molecule has 0 amide bonds. The van der Waals surface area contributed by atoms with Crippen molar-refractivity contribution in [3.63, 3.8) is 0 Å². The van der Waals surface area contributed by atoms with E-state index in [1.165, 1.54) is 0 Å². The van der Waals surface area contributed by atoms with Crippen LogP contribution in [0, 0.1) is 11.3 Å². The van der Waals surface area contributed by atoms with E-state index in [1.54, 1.807) is 11.8 Å². The molecule has 19 heavy (non-hydrogen) atoms. The van der Waals surface area contributed by atoms with E-state index in [-0.39, 0.29) is 0 Å². The number of hydrogen-bond acceptors (Lipinski definition) is 2. The fourth-order valence-electron chi connectivity index (χ4n) is 1.94. The van der Waals surface area contributed by atoms with Crippen LogP contribution in [0.1, 0.15) is 18.1 Å². The topological polar surface area (TPSA) is 23.8 Å². The molecule has 0 bridgehead atoms. The van der Waals surface area contributed by atoms with E-state index in [1.807, 2.05) is 36.4 Å². The lowest BCUT2D eigenvalue weighted by molar-refractivity contribution is 1.49. The first kappa shape index (κ1) is 13.5. The third kappa shape index (κ3) is 3.27. The molecule has 0 saturated carbocycles. The molecule has 2 aromatic carbocycles. The number of hydrogen-bond donors (Lipinski definition) is 0. The summed E-state index contributed by atoms with van der Waals surface area (Å²) in [6, 6.07) is 22.5. The van der Waals surface area contributed by atoms with Gasteiger partial charge in [0, 0.05) is 5.57 Å². The van der Waals surface area contributed by atoms with Crippen molar-refractivity contribution >= 4 is 17.3 Å². The van der Waals surface area contributed by atoms with Crippen LogP contribution in [0.3, 0.4) is 0 Å². The third-order valence-electron chi connectivity index (χ3n) is 2.74. The van der Waals surface area contributed by atoms with E-state index in [0.717, 1.165) is 27.4 Å². The molecule has 0 unspecified atom stereocenters. The lowest BCUT2D eigenvalue weighted by Gasteiger charge is -2.10. The summed E-state index contributed by atoms with van der Waals surface area (Å²) in [5.74, 6) is 0.895. The van der Waals surface area contributed by atoms with Gasteiger partial charge in [-0.2, -0.15) is 5.26 Å². The summed E-state index contributed by atoms with van der Waals surface area (Å²) in [5, 5.41) is 9.42. The Morgan fingerprint density at radius 1 is 0.947 bits per heavy atom. The molecule has 0 atom stereocenters. The van der Waals surface area contributed by atoms with Crippen LogP contribution < -0.4 is 0 Å². The molecular formula is C17H15NS. The zero-order valence-corrected chi connectivity index (χ0v) is 11.7. The highest BCUT2D eigenvalue weighted by Crippen LogP contribution is 2.31. The van der Waals surface area contributed by atoms with Gasteiger partial charge in [-0.05, 0) is 16.9 Å². The van der Waals surface area contributed by atoms with Gasteiger partial charge in [0.2, 0.25) is 0 Å². The Labute approximate surface area is 118 Å². The number of rotatable bonds is 4. The summed E-state index contributed by atoms with van der Waals surface area (Å²) in [6.07, 6.45) is 0. The lowest BCUT2D eigenvalue weighted by atomic mass is 9.98. The molecule has 2 heteroatoms. The molecule has 0 spiro atoms. The van der Waals surface area contributed by atoms with Crippen molar-refractivity contribution in [1.82, 2.24) is 0 Å². The van der Waals surface area contributed by atoms with Gasteiger partial charge in [0.25, 0.3) is 0 Å². The van der Waals surface area contributed by atoms with Crippen molar-refractivity contribution in [3.8, 4) is 6.07 Å². The van der Waals surface area contributed by atoms with Crippen LogP contribution in [0.4, 0.5) is 0 Å². The van der Waals surface area contributed by atoms with Gasteiger partial charge in [-0.15, -0.1) is 11.8 Å². The van der Waals surface area contributed by atoms with Crippen LogP contribution in [0.2, 0.25) is 0 Å². The van der Waals surface area contributed by atoms with E-state index in [4.69, 9.17) is 0 Å². The molecule has 0 saturated heterocycles. The minimum Gasteiger partial charge on any atom is -0.192 e. The van der Waals surface area contributed by atoms with E-state index in [9.17, 15) is 5.26 Å². The highest BCUT2D eigenvalue weighted by molar-refractivity contribution is 8.03. The predicted molar refractivity (Wildman–Crippen MR) is 82.7 cm³/mol. The lowest BCUT2D eigenvalue weighted by Crippen LogP contribution is -1.91. The van der Waals surface area contributed by atoms with Gasteiger partial charge in [-0.1, -0.05) is 67.6 Å². The normalized spacial score (nSPS) is 9.68. The zero-order chi connectivity index (χ0) is 13.5. The van der Waals surface area contributed by atoms with E-state index in [0.29, 0.717) is 0 Å². The molecule has 0 aliphatic rings. The van der Waals surface area contributed by atoms with E-state index < -0.39 is 0 Å². The summed E-state index contributed by atoms with van der Waals surface area (Å²) in [6.45, 7) is 2.07. The average molecular weight is 265 g/mol. The molecule has 0 aliphatic heterocycles. The number of nitriles is 1. The van der Waals surface area contributed by atoms with Gasteiger partial charge in [0.15, 0.2) is 0 Å². The molecular weight excluding hydrogens is 250 g/mol. The monoisotopic (exact) mass is 265 g/mol. The van der Waals surface area contributed by atoms with Crippen LogP contribution in [0.25, 0.3) is 5.57 Å². The second kappa shape index (κ2) is 6.82. The number of allylic oxidation sites excluding steroid dienone is 1. The quantitative estimate of drug-likeness (QED) is 0.747. The van der Waals surface area contributed by atoms with Crippen molar-refractivity contribution in [2.75, 3.05) is 5.75 Å². The van der Waals surface area contributed by atoms with Gasteiger partial charge in [-0.25, -0.2) is 0 Å². The maximum atomic E-state index is 9.42. The Hall–Kier alpha value is -1.98. The molecule has 0 N–H and O–H groups in total. The van der Waals surface area contributed by atoms with Gasteiger partial charge in [-0.3, -0.25) is 0 Å².